The molecule has 0 aliphatic heterocycles. The molecule has 0 unspecified atom stereocenters. The number of hydrogen-bond acceptors (Lipinski definition) is 4. The van der Waals surface area contributed by atoms with E-state index in [1.807, 2.05) is 11.3 Å². The molecule has 96 valence electrons. The third-order valence-corrected chi connectivity index (χ3v) is 5.03. The summed E-state index contributed by atoms with van der Waals surface area (Å²) in [5.41, 5.74) is 0.362. The standard InChI is InChI=1S/C13H23N3S/c1-3-9-14-10-11-15-16-12(17-11)13(4-2)7-5-6-8-13/h14H,3-10H2,1-2H3. The summed E-state index contributed by atoms with van der Waals surface area (Å²) >= 11 is 1.82. The zero-order valence-electron chi connectivity index (χ0n) is 11.0. The van der Waals surface area contributed by atoms with E-state index in [4.69, 9.17) is 0 Å². The van der Waals surface area contributed by atoms with E-state index in [1.165, 1.54) is 43.5 Å². The zero-order chi connectivity index (χ0) is 12.1. The highest BCUT2D eigenvalue weighted by Gasteiger charge is 2.36. The predicted octanol–water partition coefficient (Wildman–Crippen LogP) is 3.26. The molecule has 3 nitrogen and oxygen atoms in total. The summed E-state index contributed by atoms with van der Waals surface area (Å²) in [5.74, 6) is 0. The normalized spacial score (nSPS) is 18.7. The Morgan fingerprint density at radius 2 is 2.00 bits per heavy atom. The van der Waals surface area contributed by atoms with Crippen LogP contribution in [-0.4, -0.2) is 16.7 Å². The van der Waals surface area contributed by atoms with E-state index in [-0.39, 0.29) is 0 Å². The van der Waals surface area contributed by atoms with Crippen LogP contribution < -0.4 is 5.32 Å². The molecule has 1 aromatic rings. The molecule has 1 aromatic heterocycles. The van der Waals surface area contributed by atoms with Crippen LogP contribution in [0.5, 0.6) is 0 Å². The largest absolute Gasteiger partial charge is 0.310 e. The molecule has 1 aliphatic rings. The molecule has 0 atom stereocenters. The van der Waals surface area contributed by atoms with Gasteiger partial charge < -0.3 is 5.32 Å². The van der Waals surface area contributed by atoms with Gasteiger partial charge in [-0.15, -0.1) is 10.2 Å². The van der Waals surface area contributed by atoms with Crippen LogP contribution in [0.1, 0.15) is 62.4 Å². The van der Waals surface area contributed by atoms with Gasteiger partial charge in [0.25, 0.3) is 0 Å². The fourth-order valence-electron chi connectivity index (χ4n) is 2.68. The molecule has 4 heteroatoms. The molecule has 17 heavy (non-hydrogen) atoms. The van der Waals surface area contributed by atoms with Gasteiger partial charge in [0.15, 0.2) is 0 Å². The Morgan fingerprint density at radius 3 is 2.65 bits per heavy atom. The average Bonchev–Trinajstić information content (AvgIpc) is 2.98. The van der Waals surface area contributed by atoms with Gasteiger partial charge in [-0.1, -0.05) is 38.0 Å². The van der Waals surface area contributed by atoms with Crippen LogP contribution in [-0.2, 0) is 12.0 Å². The average molecular weight is 253 g/mol. The minimum absolute atomic E-state index is 0.362. The fourth-order valence-corrected chi connectivity index (χ4v) is 3.81. The van der Waals surface area contributed by atoms with E-state index >= 15 is 0 Å². The quantitative estimate of drug-likeness (QED) is 0.791. The number of nitrogens with zero attached hydrogens (tertiary/aromatic N) is 2. The third kappa shape index (κ3) is 2.86. The molecule has 0 radical (unpaired) electrons. The number of nitrogens with one attached hydrogen (secondary N) is 1. The monoisotopic (exact) mass is 253 g/mol. The molecule has 1 aliphatic carbocycles. The highest BCUT2D eigenvalue weighted by atomic mass is 32.1. The second kappa shape index (κ2) is 5.91. The Balaban J connectivity index is 2.01. The Labute approximate surface area is 108 Å². The minimum atomic E-state index is 0.362. The van der Waals surface area contributed by atoms with Crippen molar-refractivity contribution in [2.45, 2.75) is 64.3 Å². The van der Waals surface area contributed by atoms with Crippen molar-refractivity contribution < 1.29 is 0 Å². The minimum Gasteiger partial charge on any atom is -0.310 e. The summed E-state index contributed by atoms with van der Waals surface area (Å²) in [4.78, 5) is 0. The second-order valence-electron chi connectivity index (χ2n) is 5.02. The third-order valence-electron chi connectivity index (χ3n) is 3.86. The zero-order valence-corrected chi connectivity index (χ0v) is 11.8. The molecular formula is C13H23N3S. The maximum atomic E-state index is 4.45. The Hall–Kier alpha value is -0.480. The van der Waals surface area contributed by atoms with Crippen LogP contribution in [0.15, 0.2) is 0 Å². The van der Waals surface area contributed by atoms with Crippen molar-refractivity contribution in [3.63, 3.8) is 0 Å². The molecule has 1 heterocycles. The topological polar surface area (TPSA) is 37.8 Å². The first-order valence-electron chi connectivity index (χ1n) is 6.84. The maximum absolute atomic E-state index is 4.45. The Bertz CT molecular complexity index is 342. The first kappa shape index (κ1) is 13.0. The molecule has 0 amide bonds. The van der Waals surface area contributed by atoms with E-state index in [2.05, 4.69) is 29.4 Å². The van der Waals surface area contributed by atoms with E-state index in [0.717, 1.165) is 18.1 Å². The first-order valence-corrected chi connectivity index (χ1v) is 7.66. The molecule has 1 N–H and O–H groups in total. The Kier molecular flexibility index (Phi) is 4.51. The Morgan fingerprint density at radius 1 is 1.24 bits per heavy atom. The van der Waals surface area contributed by atoms with E-state index in [9.17, 15) is 0 Å². The van der Waals surface area contributed by atoms with Crippen LogP contribution in [0.2, 0.25) is 0 Å². The fraction of sp³-hybridized carbons (Fsp3) is 0.846. The lowest BCUT2D eigenvalue weighted by atomic mass is 9.84. The van der Waals surface area contributed by atoms with Crippen LogP contribution >= 0.6 is 11.3 Å². The number of aromatic nitrogens is 2. The molecule has 0 spiro atoms. The smallest absolute Gasteiger partial charge is 0.131 e. The summed E-state index contributed by atoms with van der Waals surface area (Å²) in [6.45, 7) is 6.42. The molecule has 1 saturated carbocycles. The summed E-state index contributed by atoms with van der Waals surface area (Å²) < 4.78 is 0. The van der Waals surface area contributed by atoms with Crippen molar-refractivity contribution in [2.75, 3.05) is 6.54 Å². The van der Waals surface area contributed by atoms with Gasteiger partial charge in [0.05, 0.1) is 0 Å². The van der Waals surface area contributed by atoms with Gasteiger partial charge in [0.1, 0.15) is 10.0 Å². The van der Waals surface area contributed by atoms with Crippen LogP contribution in [0.3, 0.4) is 0 Å². The highest BCUT2D eigenvalue weighted by Crippen LogP contribution is 2.44. The maximum Gasteiger partial charge on any atom is 0.131 e. The van der Waals surface area contributed by atoms with Crippen molar-refractivity contribution in [2.24, 2.45) is 0 Å². The van der Waals surface area contributed by atoms with Crippen molar-refractivity contribution >= 4 is 11.3 Å². The van der Waals surface area contributed by atoms with Gasteiger partial charge in [-0.25, -0.2) is 0 Å². The summed E-state index contributed by atoms with van der Waals surface area (Å²) in [6, 6.07) is 0. The van der Waals surface area contributed by atoms with Crippen molar-refractivity contribution in [3.8, 4) is 0 Å². The first-order chi connectivity index (χ1) is 8.30. The summed E-state index contributed by atoms with van der Waals surface area (Å²) in [6.07, 6.45) is 7.71. The number of hydrogen-bond donors (Lipinski definition) is 1. The lowest BCUT2D eigenvalue weighted by Crippen LogP contribution is -2.20. The van der Waals surface area contributed by atoms with Crippen molar-refractivity contribution in [1.29, 1.82) is 0 Å². The number of rotatable bonds is 6. The molecule has 0 bridgehead atoms. The van der Waals surface area contributed by atoms with Gasteiger partial charge in [-0.05, 0) is 32.2 Å². The predicted molar refractivity (Wildman–Crippen MR) is 72.3 cm³/mol. The lowest BCUT2D eigenvalue weighted by molar-refractivity contribution is 0.419. The van der Waals surface area contributed by atoms with E-state index in [1.54, 1.807) is 0 Å². The van der Waals surface area contributed by atoms with Crippen molar-refractivity contribution in [3.05, 3.63) is 10.0 Å². The van der Waals surface area contributed by atoms with Crippen molar-refractivity contribution in [1.82, 2.24) is 15.5 Å². The van der Waals surface area contributed by atoms with Crippen LogP contribution in [0.4, 0.5) is 0 Å². The van der Waals surface area contributed by atoms with Crippen LogP contribution in [0, 0.1) is 0 Å². The van der Waals surface area contributed by atoms with Gasteiger partial charge >= 0.3 is 0 Å². The van der Waals surface area contributed by atoms with Gasteiger partial charge in [0, 0.05) is 12.0 Å². The van der Waals surface area contributed by atoms with Gasteiger partial charge in [0.2, 0.25) is 0 Å². The summed E-state index contributed by atoms with van der Waals surface area (Å²) in [7, 11) is 0. The second-order valence-corrected chi connectivity index (χ2v) is 6.08. The molecule has 1 fully saturated rings. The highest BCUT2D eigenvalue weighted by molar-refractivity contribution is 7.11. The summed E-state index contributed by atoms with van der Waals surface area (Å²) in [5, 5.41) is 14.6. The lowest BCUT2D eigenvalue weighted by Gasteiger charge is -2.23. The SMILES string of the molecule is CCCNCc1nnc(C2(CC)CCCC2)s1. The van der Waals surface area contributed by atoms with E-state index in [0.29, 0.717) is 5.41 Å². The molecule has 0 saturated heterocycles. The molecule has 0 aromatic carbocycles. The van der Waals surface area contributed by atoms with Gasteiger partial charge in [-0.3, -0.25) is 0 Å². The molecule has 2 rings (SSSR count). The molecular weight excluding hydrogens is 230 g/mol. The van der Waals surface area contributed by atoms with E-state index < -0.39 is 0 Å². The van der Waals surface area contributed by atoms with Crippen LogP contribution in [0.25, 0.3) is 0 Å². The van der Waals surface area contributed by atoms with Gasteiger partial charge in [-0.2, -0.15) is 0 Å².